The largest absolute Gasteiger partial charge is 0.348 e. The number of nitrogens with zero attached hydrogens (tertiary/aromatic N) is 1. The summed E-state index contributed by atoms with van der Waals surface area (Å²) in [5.74, 6) is 0.519. The third-order valence-electron chi connectivity index (χ3n) is 3.35. The molecule has 2 aliphatic rings. The summed E-state index contributed by atoms with van der Waals surface area (Å²) in [5, 5.41) is 0.131. The van der Waals surface area contributed by atoms with Crippen LogP contribution < -0.4 is 0 Å². The van der Waals surface area contributed by atoms with Crippen LogP contribution in [0.5, 0.6) is 0 Å². The first-order valence-corrected chi connectivity index (χ1v) is 8.88. The van der Waals surface area contributed by atoms with Crippen LogP contribution >= 0.6 is 24.0 Å². The average Bonchev–Trinajstić information content (AvgIpc) is 2.74. The van der Waals surface area contributed by atoms with Gasteiger partial charge in [0, 0.05) is 11.8 Å². The van der Waals surface area contributed by atoms with Crippen molar-refractivity contribution in [3.05, 3.63) is 35.9 Å². The van der Waals surface area contributed by atoms with E-state index in [2.05, 4.69) is 4.90 Å². The van der Waals surface area contributed by atoms with Gasteiger partial charge in [0.15, 0.2) is 9.84 Å². The zero-order valence-electron chi connectivity index (χ0n) is 9.65. The van der Waals surface area contributed by atoms with Gasteiger partial charge in [-0.3, -0.25) is 0 Å². The molecule has 2 aliphatic heterocycles. The highest BCUT2D eigenvalue weighted by molar-refractivity contribution is 8.24. The van der Waals surface area contributed by atoms with Crippen molar-refractivity contribution in [2.75, 3.05) is 11.5 Å². The number of benzene rings is 1. The molecule has 0 unspecified atom stereocenters. The summed E-state index contributed by atoms with van der Waals surface area (Å²) in [6.45, 7) is 0.712. The van der Waals surface area contributed by atoms with E-state index in [0.717, 1.165) is 4.32 Å². The summed E-state index contributed by atoms with van der Waals surface area (Å²) in [6, 6.07) is 10.1. The summed E-state index contributed by atoms with van der Waals surface area (Å²) < 4.78 is 24.2. The molecule has 1 aromatic carbocycles. The third kappa shape index (κ3) is 2.29. The van der Waals surface area contributed by atoms with Gasteiger partial charge >= 0.3 is 0 Å². The Morgan fingerprint density at radius 2 is 2.00 bits per heavy atom. The van der Waals surface area contributed by atoms with Gasteiger partial charge in [-0.05, 0) is 5.56 Å². The third-order valence-corrected chi connectivity index (χ3v) is 7.03. The van der Waals surface area contributed by atoms with Crippen molar-refractivity contribution in [2.45, 2.75) is 17.8 Å². The molecule has 2 saturated heterocycles. The van der Waals surface area contributed by atoms with Crippen LogP contribution in [-0.4, -0.2) is 40.4 Å². The number of thiocarbonyl (C=S) groups is 1. The van der Waals surface area contributed by atoms with E-state index in [0.29, 0.717) is 6.54 Å². The average molecular weight is 299 g/mol. The molecule has 0 radical (unpaired) electrons. The van der Waals surface area contributed by atoms with Crippen LogP contribution in [0.2, 0.25) is 0 Å². The van der Waals surface area contributed by atoms with Gasteiger partial charge in [0.25, 0.3) is 0 Å². The Labute approximate surface area is 116 Å². The molecule has 0 saturated carbocycles. The second kappa shape index (κ2) is 4.51. The maximum absolute atomic E-state index is 11.7. The van der Waals surface area contributed by atoms with Crippen LogP contribution in [-0.2, 0) is 16.4 Å². The van der Waals surface area contributed by atoms with E-state index < -0.39 is 9.84 Å². The standard InChI is InChI=1S/C12H13NO2S3/c14-18(15)7-10-11(8-18)17-12(16)13(10)6-9-4-2-1-3-5-9/h1-5,10-11H,6-8H2/t10-,11-/m1/s1. The Morgan fingerprint density at radius 1 is 1.28 bits per heavy atom. The Bertz CT molecular complexity index is 570. The Balaban J connectivity index is 1.82. The molecule has 0 aliphatic carbocycles. The van der Waals surface area contributed by atoms with Gasteiger partial charge in [-0.15, -0.1) is 0 Å². The van der Waals surface area contributed by atoms with Gasteiger partial charge < -0.3 is 4.90 Å². The first-order valence-electron chi connectivity index (χ1n) is 5.77. The van der Waals surface area contributed by atoms with E-state index in [1.807, 2.05) is 30.3 Å². The molecule has 2 fully saturated rings. The molecule has 6 heteroatoms. The number of hydrogen-bond acceptors (Lipinski definition) is 4. The van der Waals surface area contributed by atoms with Gasteiger partial charge in [-0.2, -0.15) is 0 Å². The van der Waals surface area contributed by atoms with Crippen molar-refractivity contribution in [2.24, 2.45) is 0 Å². The van der Waals surface area contributed by atoms with E-state index in [1.165, 1.54) is 5.56 Å². The Hall–Kier alpha value is -0.590. The fourth-order valence-electron chi connectivity index (χ4n) is 2.49. The van der Waals surface area contributed by atoms with Gasteiger partial charge in [0.1, 0.15) is 4.32 Å². The van der Waals surface area contributed by atoms with Crippen molar-refractivity contribution in [1.82, 2.24) is 4.90 Å². The lowest BCUT2D eigenvalue weighted by Gasteiger charge is -2.23. The van der Waals surface area contributed by atoms with E-state index in [-0.39, 0.29) is 22.8 Å². The van der Waals surface area contributed by atoms with E-state index >= 15 is 0 Å². The molecule has 1 aromatic rings. The van der Waals surface area contributed by atoms with E-state index in [9.17, 15) is 8.42 Å². The highest BCUT2D eigenvalue weighted by Gasteiger charge is 2.47. The molecule has 2 atom stereocenters. The van der Waals surface area contributed by atoms with Crippen LogP contribution in [0.25, 0.3) is 0 Å². The fraction of sp³-hybridized carbons (Fsp3) is 0.417. The predicted molar refractivity (Wildman–Crippen MR) is 78.4 cm³/mol. The molecule has 0 N–H and O–H groups in total. The lowest BCUT2D eigenvalue weighted by atomic mass is 10.1. The smallest absolute Gasteiger partial charge is 0.153 e. The molecule has 0 aromatic heterocycles. The minimum atomic E-state index is -2.88. The van der Waals surface area contributed by atoms with Crippen molar-refractivity contribution in [3.63, 3.8) is 0 Å². The zero-order valence-corrected chi connectivity index (χ0v) is 12.1. The lowest BCUT2D eigenvalue weighted by Crippen LogP contribution is -2.36. The van der Waals surface area contributed by atoms with Gasteiger partial charge in [0.05, 0.1) is 17.5 Å². The summed E-state index contributed by atoms with van der Waals surface area (Å²) in [4.78, 5) is 2.07. The summed E-state index contributed by atoms with van der Waals surface area (Å²) in [7, 11) is -2.88. The van der Waals surface area contributed by atoms with E-state index in [4.69, 9.17) is 12.2 Å². The zero-order chi connectivity index (χ0) is 12.8. The molecule has 0 amide bonds. The van der Waals surface area contributed by atoms with Crippen LogP contribution in [0.3, 0.4) is 0 Å². The molecule has 3 nitrogen and oxygen atoms in total. The highest BCUT2D eigenvalue weighted by atomic mass is 32.2. The number of hydrogen-bond donors (Lipinski definition) is 0. The van der Waals surface area contributed by atoms with Crippen molar-refractivity contribution >= 4 is 38.1 Å². The highest BCUT2D eigenvalue weighted by Crippen LogP contribution is 2.38. The molecule has 3 rings (SSSR count). The van der Waals surface area contributed by atoms with Gasteiger partial charge in [-0.1, -0.05) is 54.3 Å². The Morgan fingerprint density at radius 3 is 2.72 bits per heavy atom. The number of fused-ring (bicyclic) bond motifs is 1. The van der Waals surface area contributed by atoms with Gasteiger partial charge in [0.2, 0.25) is 0 Å². The maximum atomic E-state index is 11.7. The van der Waals surface area contributed by atoms with Crippen LogP contribution in [0.15, 0.2) is 30.3 Å². The van der Waals surface area contributed by atoms with Crippen LogP contribution in [0.1, 0.15) is 5.56 Å². The monoisotopic (exact) mass is 299 g/mol. The second-order valence-corrected chi connectivity index (χ2v) is 8.71. The molecular formula is C12H13NO2S3. The molecular weight excluding hydrogens is 286 g/mol. The normalized spacial score (nSPS) is 29.6. The first kappa shape index (κ1) is 12.4. The number of thioether (sulfide) groups is 1. The summed E-state index contributed by atoms with van der Waals surface area (Å²) >= 11 is 6.91. The van der Waals surface area contributed by atoms with Crippen LogP contribution in [0.4, 0.5) is 0 Å². The quantitative estimate of drug-likeness (QED) is 0.777. The molecule has 2 heterocycles. The van der Waals surface area contributed by atoms with Crippen molar-refractivity contribution in [1.29, 1.82) is 0 Å². The lowest BCUT2D eigenvalue weighted by molar-refractivity contribution is 0.355. The van der Waals surface area contributed by atoms with Crippen LogP contribution in [0, 0.1) is 0 Å². The molecule has 18 heavy (non-hydrogen) atoms. The second-order valence-electron chi connectivity index (χ2n) is 4.68. The molecule has 0 spiro atoms. The molecule has 96 valence electrons. The minimum Gasteiger partial charge on any atom is -0.348 e. The topological polar surface area (TPSA) is 37.4 Å². The summed E-state index contributed by atoms with van der Waals surface area (Å²) in [5.41, 5.74) is 1.17. The number of rotatable bonds is 2. The fourth-order valence-corrected chi connectivity index (χ4v) is 6.87. The Kier molecular flexibility index (Phi) is 3.11. The summed E-state index contributed by atoms with van der Waals surface area (Å²) in [6.07, 6.45) is 0. The van der Waals surface area contributed by atoms with Crippen molar-refractivity contribution in [3.8, 4) is 0 Å². The van der Waals surface area contributed by atoms with Gasteiger partial charge in [-0.25, -0.2) is 8.42 Å². The molecule has 0 bridgehead atoms. The minimum absolute atomic E-state index is 0.0627. The number of sulfone groups is 1. The first-order chi connectivity index (χ1) is 8.55. The predicted octanol–water partition coefficient (Wildman–Crippen LogP) is 1.69. The van der Waals surface area contributed by atoms with E-state index in [1.54, 1.807) is 11.8 Å². The SMILES string of the molecule is O=S1(=O)C[C@@H]2[C@@H](C1)SC(=S)N2Cc1ccccc1. The van der Waals surface area contributed by atoms with Crippen molar-refractivity contribution < 1.29 is 8.42 Å². The maximum Gasteiger partial charge on any atom is 0.153 e.